The van der Waals surface area contributed by atoms with E-state index < -0.39 is 0 Å². The Morgan fingerprint density at radius 1 is 1.32 bits per heavy atom. The summed E-state index contributed by atoms with van der Waals surface area (Å²) >= 11 is 0. The SMILES string of the molecule is CCNC(=NCCCN(C)CCOC)N1CCC(CC(=O)NC)CC1. The molecule has 0 atom stereocenters. The first-order valence-corrected chi connectivity index (χ1v) is 9.52. The predicted octanol–water partition coefficient (Wildman–Crippen LogP) is 0.768. The van der Waals surface area contributed by atoms with Gasteiger partial charge in [0.05, 0.1) is 6.61 Å². The lowest BCUT2D eigenvalue weighted by Gasteiger charge is -2.34. The molecule has 0 aromatic rings. The van der Waals surface area contributed by atoms with Gasteiger partial charge in [0, 0.05) is 53.3 Å². The third-order valence-corrected chi connectivity index (χ3v) is 4.64. The Morgan fingerprint density at radius 3 is 2.64 bits per heavy atom. The smallest absolute Gasteiger partial charge is 0.220 e. The number of likely N-dealkylation sites (tertiary alicyclic amines) is 1. The van der Waals surface area contributed by atoms with Gasteiger partial charge in [0.15, 0.2) is 5.96 Å². The van der Waals surface area contributed by atoms with E-state index in [1.807, 2.05) is 0 Å². The number of carbonyl (C=O) groups excluding carboxylic acids is 1. The second-order valence-electron chi connectivity index (χ2n) is 6.69. The van der Waals surface area contributed by atoms with E-state index in [9.17, 15) is 4.79 Å². The molecular formula is C18H37N5O2. The number of amides is 1. The Bertz CT molecular complexity index is 395. The summed E-state index contributed by atoms with van der Waals surface area (Å²) < 4.78 is 5.10. The summed E-state index contributed by atoms with van der Waals surface area (Å²) in [6, 6.07) is 0. The fourth-order valence-corrected chi connectivity index (χ4v) is 3.02. The minimum absolute atomic E-state index is 0.150. The topological polar surface area (TPSA) is 69.2 Å². The molecule has 0 unspecified atom stereocenters. The third-order valence-electron chi connectivity index (χ3n) is 4.64. The van der Waals surface area contributed by atoms with E-state index >= 15 is 0 Å². The minimum Gasteiger partial charge on any atom is -0.383 e. The van der Waals surface area contributed by atoms with Gasteiger partial charge < -0.3 is 25.2 Å². The molecule has 1 saturated heterocycles. The number of piperidine rings is 1. The lowest BCUT2D eigenvalue weighted by Crippen LogP contribution is -2.46. The Kier molecular flexibility index (Phi) is 11.2. The highest BCUT2D eigenvalue weighted by Gasteiger charge is 2.22. The monoisotopic (exact) mass is 355 g/mol. The maximum atomic E-state index is 11.5. The molecule has 1 aliphatic rings. The average Bonchev–Trinajstić information content (AvgIpc) is 2.63. The fraction of sp³-hybridized carbons (Fsp3) is 0.889. The summed E-state index contributed by atoms with van der Waals surface area (Å²) in [6.45, 7) is 8.52. The molecule has 0 spiro atoms. The number of hydrogen-bond acceptors (Lipinski definition) is 4. The van der Waals surface area contributed by atoms with E-state index in [1.54, 1.807) is 14.2 Å². The highest BCUT2D eigenvalue weighted by atomic mass is 16.5. The molecule has 2 N–H and O–H groups in total. The van der Waals surface area contributed by atoms with Crippen LogP contribution >= 0.6 is 0 Å². The van der Waals surface area contributed by atoms with Crippen molar-refractivity contribution in [1.29, 1.82) is 0 Å². The van der Waals surface area contributed by atoms with Crippen molar-refractivity contribution >= 4 is 11.9 Å². The predicted molar refractivity (Wildman–Crippen MR) is 103 cm³/mol. The molecule has 1 amide bonds. The van der Waals surface area contributed by atoms with Crippen LogP contribution in [0.25, 0.3) is 0 Å². The summed E-state index contributed by atoms with van der Waals surface area (Å²) in [5.41, 5.74) is 0. The standard InChI is InChI=1S/C18H37N5O2/c1-5-20-18(21-9-6-10-22(3)13-14-25-4)23-11-7-16(8-12-23)15-17(24)19-2/h16H,5-15H2,1-4H3,(H,19,24)(H,20,21). The van der Waals surface area contributed by atoms with Gasteiger partial charge in [0.25, 0.3) is 0 Å². The first-order chi connectivity index (χ1) is 12.1. The van der Waals surface area contributed by atoms with E-state index in [-0.39, 0.29) is 5.91 Å². The van der Waals surface area contributed by atoms with Gasteiger partial charge in [0.2, 0.25) is 5.91 Å². The molecule has 0 aliphatic carbocycles. The second-order valence-corrected chi connectivity index (χ2v) is 6.69. The van der Waals surface area contributed by atoms with E-state index in [2.05, 4.69) is 34.4 Å². The molecule has 0 saturated carbocycles. The molecule has 0 aromatic carbocycles. The zero-order valence-corrected chi connectivity index (χ0v) is 16.5. The summed E-state index contributed by atoms with van der Waals surface area (Å²) in [7, 11) is 5.56. The number of likely N-dealkylation sites (N-methyl/N-ethyl adjacent to an activating group) is 1. The Hall–Kier alpha value is -1.34. The summed E-state index contributed by atoms with van der Waals surface area (Å²) in [5, 5.41) is 6.13. The number of nitrogens with one attached hydrogen (secondary N) is 2. The van der Waals surface area contributed by atoms with Gasteiger partial charge in [-0.05, 0) is 45.7 Å². The number of methoxy groups -OCH3 is 1. The van der Waals surface area contributed by atoms with Gasteiger partial charge in [-0.1, -0.05) is 0 Å². The van der Waals surface area contributed by atoms with Gasteiger partial charge in [-0.2, -0.15) is 0 Å². The lowest BCUT2D eigenvalue weighted by atomic mass is 9.93. The number of hydrogen-bond donors (Lipinski definition) is 2. The Balaban J connectivity index is 2.37. The minimum atomic E-state index is 0.150. The molecule has 7 nitrogen and oxygen atoms in total. The number of ether oxygens (including phenoxy) is 1. The molecule has 1 heterocycles. The quantitative estimate of drug-likeness (QED) is 0.344. The zero-order valence-electron chi connectivity index (χ0n) is 16.5. The molecule has 7 heteroatoms. The van der Waals surface area contributed by atoms with Crippen molar-refractivity contribution in [2.45, 2.75) is 32.6 Å². The number of aliphatic imine (C=N–C) groups is 1. The van der Waals surface area contributed by atoms with Crippen molar-refractivity contribution in [3.63, 3.8) is 0 Å². The Morgan fingerprint density at radius 2 is 2.04 bits per heavy atom. The van der Waals surface area contributed by atoms with Crippen LogP contribution in [0, 0.1) is 5.92 Å². The first-order valence-electron chi connectivity index (χ1n) is 9.52. The number of carbonyl (C=O) groups is 1. The molecule has 146 valence electrons. The maximum absolute atomic E-state index is 11.5. The van der Waals surface area contributed by atoms with Crippen molar-refractivity contribution in [2.24, 2.45) is 10.9 Å². The number of guanidine groups is 1. The first kappa shape index (κ1) is 21.7. The van der Waals surface area contributed by atoms with Crippen LogP contribution in [0.1, 0.15) is 32.6 Å². The molecular weight excluding hydrogens is 318 g/mol. The van der Waals surface area contributed by atoms with Crippen LogP contribution < -0.4 is 10.6 Å². The lowest BCUT2D eigenvalue weighted by molar-refractivity contribution is -0.121. The summed E-state index contributed by atoms with van der Waals surface area (Å²) in [6.07, 6.45) is 3.79. The van der Waals surface area contributed by atoms with E-state index in [0.29, 0.717) is 12.3 Å². The van der Waals surface area contributed by atoms with Crippen LogP contribution in [0.3, 0.4) is 0 Å². The highest BCUT2D eigenvalue weighted by Crippen LogP contribution is 2.20. The molecule has 1 fully saturated rings. The van der Waals surface area contributed by atoms with Gasteiger partial charge in [0.1, 0.15) is 0 Å². The molecule has 0 aromatic heterocycles. The van der Waals surface area contributed by atoms with Crippen LogP contribution in [0.15, 0.2) is 4.99 Å². The van der Waals surface area contributed by atoms with Crippen molar-refractivity contribution in [2.75, 3.05) is 67.1 Å². The number of nitrogens with zero attached hydrogens (tertiary/aromatic N) is 3. The zero-order chi connectivity index (χ0) is 18.5. The maximum Gasteiger partial charge on any atom is 0.220 e. The molecule has 25 heavy (non-hydrogen) atoms. The van der Waals surface area contributed by atoms with Crippen LogP contribution in [0.2, 0.25) is 0 Å². The largest absolute Gasteiger partial charge is 0.383 e. The molecule has 0 radical (unpaired) electrons. The fourth-order valence-electron chi connectivity index (χ4n) is 3.02. The highest BCUT2D eigenvalue weighted by molar-refractivity contribution is 5.80. The summed E-state index contributed by atoms with van der Waals surface area (Å²) in [5.74, 6) is 1.66. The summed E-state index contributed by atoms with van der Waals surface area (Å²) in [4.78, 5) is 20.9. The van der Waals surface area contributed by atoms with Gasteiger partial charge in [-0.3, -0.25) is 9.79 Å². The van der Waals surface area contributed by atoms with Gasteiger partial charge >= 0.3 is 0 Å². The van der Waals surface area contributed by atoms with Crippen LogP contribution in [-0.2, 0) is 9.53 Å². The van der Waals surface area contributed by atoms with Gasteiger partial charge in [-0.25, -0.2) is 0 Å². The normalized spacial score (nSPS) is 16.4. The second kappa shape index (κ2) is 12.9. The van der Waals surface area contributed by atoms with Crippen molar-refractivity contribution in [3.8, 4) is 0 Å². The van der Waals surface area contributed by atoms with E-state index in [1.165, 1.54) is 0 Å². The van der Waals surface area contributed by atoms with E-state index in [4.69, 9.17) is 9.73 Å². The third kappa shape index (κ3) is 9.07. The number of rotatable bonds is 10. The van der Waals surface area contributed by atoms with Crippen molar-refractivity contribution in [3.05, 3.63) is 0 Å². The van der Waals surface area contributed by atoms with Crippen molar-refractivity contribution in [1.82, 2.24) is 20.4 Å². The van der Waals surface area contributed by atoms with E-state index in [0.717, 1.165) is 71.1 Å². The van der Waals surface area contributed by atoms with Crippen LogP contribution in [0.4, 0.5) is 0 Å². The van der Waals surface area contributed by atoms with Gasteiger partial charge in [-0.15, -0.1) is 0 Å². The molecule has 1 rings (SSSR count). The molecule has 0 bridgehead atoms. The Labute approximate surface area is 153 Å². The average molecular weight is 356 g/mol. The van der Waals surface area contributed by atoms with Crippen LogP contribution in [0.5, 0.6) is 0 Å². The van der Waals surface area contributed by atoms with Crippen molar-refractivity contribution < 1.29 is 9.53 Å². The molecule has 1 aliphatic heterocycles. The van der Waals surface area contributed by atoms with Crippen LogP contribution in [-0.4, -0.2) is 88.7 Å².